The van der Waals surface area contributed by atoms with E-state index in [1.807, 2.05) is 6.07 Å². The molecule has 1 N–H and O–H groups in total. The van der Waals surface area contributed by atoms with Crippen LogP contribution < -0.4 is 5.32 Å². The average Bonchev–Trinajstić information content (AvgIpc) is 2.21. The van der Waals surface area contributed by atoms with Crippen LogP contribution >= 0.6 is 31.9 Å². The second-order valence-electron chi connectivity index (χ2n) is 3.14. The quantitative estimate of drug-likeness (QED) is 0.848. The molecule has 0 aliphatic rings. The van der Waals surface area contributed by atoms with Crippen molar-refractivity contribution in [2.75, 3.05) is 5.32 Å². The third-order valence-corrected chi connectivity index (χ3v) is 3.04. The molecule has 80 valence electrons. The lowest BCUT2D eigenvalue weighted by atomic mass is 10.1. The van der Waals surface area contributed by atoms with E-state index in [-0.39, 0.29) is 6.04 Å². The number of nitrogens with one attached hydrogen (secondary N) is 1. The molecule has 1 aromatic rings. The Labute approximate surface area is 107 Å². The van der Waals surface area contributed by atoms with E-state index in [1.54, 1.807) is 6.20 Å². The van der Waals surface area contributed by atoms with Crippen molar-refractivity contribution in [2.24, 2.45) is 0 Å². The lowest BCUT2D eigenvalue weighted by Gasteiger charge is -2.15. The number of hydrogen-bond donors (Lipinski definition) is 1. The number of aromatic nitrogens is 1. The molecular weight excluding hydrogens is 320 g/mol. The fourth-order valence-corrected chi connectivity index (χ4v) is 2.26. The first kappa shape index (κ1) is 12.5. The van der Waals surface area contributed by atoms with Gasteiger partial charge in [0, 0.05) is 23.1 Å². The zero-order valence-electron chi connectivity index (χ0n) is 8.43. The molecule has 0 bridgehead atoms. The third-order valence-electron chi connectivity index (χ3n) is 2.01. The number of hydrogen-bond acceptors (Lipinski definition) is 2. The molecule has 4 heteroatoms. The first-order valence-electron chi connectivity index (χ1n) is 4.68. The standard InChI is InChI=1S/C11H12Br2N2/c1-3-5-9(4-2)15-11-10(13)6-8(12)7-14-11/h1,6-7,9H,4-5H2,2H3,(H,14,15). The van der Waals surface area contributed by atoms with Gasteiger partial charge in [-0.3, -0.25) is 0 Å². The van der Waals surface area contributed by atoms with Gasteiger partial charge in [0.2, 0.25) is 0 Å². The minimum absolute atomic E-state index is 0.278. The summed E-state index contributed by atoms with van der Waals surface area (Å²) in [4.78, 5) is 4.27. The van der Waals surface area contributed by atoms with E-state index in [2.05, 4.69) is 55.0 Å². The molecule has 0 spiro atoms. The van der Waals surface area contributed by atoms with E-state index in [1.165, 1.54) is 0 Å². The number of pyridine rings is 1. The Kier molecular flexibility index (Phi) is 5.13. The highest BCUT2D eigenvalue weighted by molar-refractivity contribution is 9.11. The molecule has 0 saturated carbocycles. The number of nitrogens with zero attached hydrogens (tertiary/aromatic N) is 1. The molecule has 1 heterocycles. The predicted octanol–water partition coefficient (Wildman–Crippen LogP) is 3.82. The molecule has 0 saturated heterocycles. The lowest BCUT2D eigenvalue weighted by molar-refractivity contribution is 0.711. The number of rotatable bonds is 4. The van der Waals surface area contributed by atoms with Crippen molar-refractivity contribution in [1.82, 2.24) is 4.98 Å². The van der Waals surface area contributed by atoms with Crippen LogP contribution in [-0.2, 0) is 0 Å². The van der Waals surface area contributed by atoms with E-state index in [9.17, 15) is 0 Å². The van der Waals surface area contributed by atoms with Crippen LogP contribution in [0.5, 0.6) is 0 Å². The van der Waals surface area contributed by atoms with Gasteiger partial charge in [0.05, 0.1) is 4.47 Å². The van der Waals surface area contributed by atoms with E-state index in [4.69, 9.17) is 6.42 Å². The summed E-state index contributed by atoms with van der Waals surface area (Å²) in [6, 6.07) is 2.23. The van der Waals surface area contributed by atoms with E-state index in [0.717, 1.165) is 21.2 Å². The highest BCUT2D eigenvalue weighted by Gasteiger charge is 2.08. The smallest absolute Gasteiger partial charge is 0.140 e. The van der Waals surface area contributed by atoms with Gasteiger partial charge >= 0.3 is 0 Å². The second-order valence-corrected chi connectivity index (χ2v) is 4.91. The molecule has 2 nitrogen and oxygen atoms in total. The van der Waals surface area contributed by atoms with Crippen LogP contribution in [0.4, 0.5) is 5.82 Å². The van der Waals surface area contributed by atoms with Crippen molar-refractivity contribution >= 4 is 37.7 Å². The summed E-state index contributed by atoms with van der Waals surface area (Å²) in [5.41, 5.74) is 0. The van der Waals surface area contributed by atoms with Gasteiger partial charge in [-0.25, -0.2) is 4.98 Å². The van der Waals surface area contributed by atoms with Gasteiger partial charge in [-0.1, -0.05) is 6.92 Å². The number of halogens is 2. The Morgan fingerprint density at radius 3 is 2.87 bits per heavy atom. The minimum atomic E-state index is 0.278. The monoisotopic (exact) mass is 330 g/mol. The minimum Gasteiger partial charge on any atom is -0.365 e. The van der Waals surface area contributed by atoms with Crippen LogP contribution in [0, 0.1) is 12.3 Å². The molecule has 0 aliphatic heterocycles. The van der Waals surface area contributed by atoms with Gasteiger partial charge in [-0.2, -0.15) is 0 Å². The average molecular weight is 332 g/mol. The maximum absolute atomic E-state index is 5.29. The molecule has 1 rings (SSSR count). The molecule has 0 fully saturated rings. The lowest BCUT2D eigenvalue weighted by Crippen LogP contribution is -2.18. The topological polar surface area (TPSA) is 24.9 Å². The largest absolute Gasteiger partial charge is 0.365 e. The molecule has 0 aliphatic carbocycles. The van der Waals surface area contributed by atoms with E-state index in [0.29, 0.717) is 6.42 Å². The van der Waals surface area contributed by atoms with Crippen molar-refractivity contribution < 1.29 is 0 Å². The summed E-state index contributed by atoms with van der Waals surface area (Å²) in [6.07, 6.45) is 8.74. The fourth-order valence-electron chi connectivity index (χ4n) is 1.15. The van der Waals surface area contributed by atoms with E-state index < -0.39 is 0 Å². The Morgan fingerprint density at radius 1 is 1.60 bits per heavy atom. The summed E-state index contributed by atoms with van der Waals surface area (Å²) in [6.45, 7) is 2.10. The van der Waals surface area contributed by atoms with Gasteiger partial charge in [-0.15, -0.1) is 12.3 Å². The van der Waals surface area contributed by atoms with Gasteiger partial charge in [0.15, 0.2) is 0 Å². The van der Waals surface area contributed by atoms with Crippen LogP contribution in [0.2, 0.25) is 0 Å². The molecule has 0 radical (unpaired) electrons. The molecule has 0 amide bonds. The Morgan fingerprint density at radius 2 is 2.33 bits per heavy atom. The Balaban J connectivity index is 2.75. The fraction of sp³-hybridized carbons (Fsp3) is 0.364. The van der Waals surface area contributed by atoms with E-state index >= 15 is 0 Å². The zero-order chi connectivity index (χ0) is 11.3. The Bertz CT molecular complexity index is 371. The summed E-state index contributed by atoms with van der Waals surface area (Å²) < 4.78 is 1.89. The first-order chi connectivity index (χ1) is 7.17. The summed E-state index contributed by atoms with van der Waals surface area (Å²) in [7, 11) is 0. The molecular formula is C11H12Br2N2. The van der Waals surface area contributed by atoms with Crippen molar-refractivity contribution in [3.8, 4) is 12.3 Å². The zero-order valence-corrected chi connectivity index (χ0v) is 11.6. The molecule has 1 aromatic heterocycles. The summed E-state index contributed by atoms with van der Waals surface area (Å²) in [5.74, 6) is 3.49. The van der Waals surface area contributed by atoms with Gasteiger partial charge in [-0.05, 0) is 44.3 Å². The Hall–Kier alpha value is -0.530. The number of anilines is 1. The van der Waals surface area contributed by atoms with Crippen LogP contribution in [0.15, 0.2) is 21.2 Å². The molecule has 15 heavy (non-hydrogen) atoms. The maximum atomic E-state index is 5.29. The highest BCUT2D eigenvalue weighted by Crippen LogP contribution is 2.24. The molecule has 0 aromatic carbocycles. The van der Waals surface area contributed by atoms with Crippen molar-refractivity contribution in [3.05, 3.63) is 21.2 Å². The summed E-state index contributed by atoms with van der Waals surface area (Å²) >= 11 is 6.81. The van der Waals surface area contributed by atoms with Gasteiger partial charge < -0.3 is 5.32 Å². The summed E-state index contributed by atoms with van der Waals surface area (Å²) in [5, 5.41) is 3.30. The van der Waals surface area contributed by atoms with Crippen LogP contribution in [0.1, 0.15) is 19.8 Å². The van der Waals surface area contributed by atoms with Crippen LogP contribution in [0.3, 0.4) is 0 Å². The number of terminal acetylenes is 1. The predicted molar refractivity (Wildman–Crippen MR) is 70.8 cm³/mol. The van der Waals surface area contributed by atoms with Gasteiger partial charge in [0.1, 0.15) is 5.82 Å². The van der Waals surface area contributed by atoms with Crippen molar-refractivity contribution in [1.29, 1.82) is 0 Å². The first-order valence-corrected chi connectivity index (χ1v) is 6.27. The van der Waals surface area contributed by atoms with Crippen molar-refractivity contribution in [3.63, 3.8) is 0 Å². The maximum Gasteiger partial charge on any atom is 0.140 e. The third kappa shape index (κ3) is 3.84. The van der Waals surface area contributed by atoms with Gasteiger partial charge in [0.25, 0.3) is 0 Å². The molecule has 1 atom stereocenters. The van der Waals surface area contributed by atoms with Crippen LogP contribution in [-0.4, -0.2) is 11.0 Å². The van der Waals surface area contributed by atoms with Crippen LogP contribution in [0.25, 0.3) is 0 Å². The van der Waals surface area contributed by atoms with Crippen molar-refractivity contribution in [2.45, 2.75) is 25.8 Å². The normalized spacial score (nSPS) is 11.9. The molecule has 1 unspecified atom stereocenters. The SMILES string of the molecule is C#CCC(CC)Nc1ncc(Br)cc1Br. The highest BCUT2D eigenvalue weighted by atomic mass is 79.9. The second kappa shape index (κ2) is 6.14.